The Hall–Kier alpha value is -1.20. The van der Waals surface area contributed by atoms with E-state index < -0.39 is 6.61 Å². The molecule has 0 bridgehead atoms. The number of nitrogens with one attached hydrogen (secondary N) is 1. The van der Waals surface area contributed by atoms with Crippen LogP contribution < -0.4 is 10.1 Å². The minimum absolute atomic E-state index is 0.0867. The van der Waals surface area contributed by atoms with E-state index in [0.29, 0.717) is 12.1 Å². The van der Waals surface area contributed by atoms with Gasteiger partial charge in [0.15, 0.2) is 0 Å². The lowest BCUT2D eigenvalue weighted by Gasteiger charge is -2.20. The van der Waals surface area contributed by atoms with E-state index >= 15 is 0 Å². The summed E-state index contributed by atoms with van der Waals surface area (Å²) in [7, 11) is 0. The fourth-order valence-electron chi connectivity index (χ4n) is 1.49. The minimum atomic E-state index is -2.82. The van der Waals surface area contributed by atoms with E-state index in [1.165, 1.54) is 6.07 Å². The molecule has 5 heteroatoms. The summed E-state index contributed by atoms with van der Waals surface area (Å²) < 4.78 is 28.9. The molecule has 3 nitrogen and oxygen atoms in total. The first kappa shape index (κ1) is 14.9. The molecule has 0 fully saturated rings. The Kier molecular flexibility index (Phi) is 6.01. The molecule has 0 spiro atoms. The van der Waals surface area contributed by atoms with Crippen LogP contribution in [0.5, 0.6) is 5.75 Å². The maximum Gasteiger partial charge on any atom is 0.387 e. The largest absolute Gasteiger partial charge is 0.434 e. The Morgan fingerprint density at radius 1 is 1.28 bits per heavy atom. The zero-order valence-electron chi connectivity index (χ0n) is 10.6. The first-order valence-electron chi connectivity index (χ1n) is 5.91. The first-order chi connectivity index (χ1) is 8.54. The summed E-state index contributed by atoms with van der Waals surface area (Å²) in [5, 5.41) is 12.2. The minimum Gasteiger partial charge on any atom is -0.434 e. The lowest BCUT2D eigenvalue weighted by molar-refractivity contribution is -0.0505. The highest BCUT2D eigenvalue weighted by atomic mass is 19.3. The van der Waals surface area contributed by atoms with Crippen LogP contribution >= 0.6 is 0 Å². The number of rotatable bonds is 7. The van der Waals surface area contributed by atoms with E-state index in [-0.39, 0.29) is 24.3 Å². The Balaban J connectivity index is 2.61. The van der Waals surface area contributed by atoms with Gasteiger partial charge in [-0.3, -0.25) is 0 Å². The number of aliphatic hydroxyl groups excluding tert-OH is 1. The molecule has 0 aromatic heterocycles. The van der Waals surface area contributed by atoms with Crippen LogP contribution in [0.4, 0.5) is 8.78 Å². The van der Waals surface area contributed by atoms with Crippen LogP contribution in [0.3, 0.4) is 0 Å². The zero-order valence-corrected chi connectivity index (χ0v) is 10.6. The van der Waals surface area contributed by atoms with Crippen LogP contribution in [0, 0.1) is 5.92 Å². The topological polar surface area (TPSA) is 41.5 Å². The van der Waals surface area contributed by atoms with Gasteiger partial charge < -0.3 is 15.2 Å². The average molecular weight is 259 g/mol. The molecule has 0 saturated heterocycles. The van der Waals surface area contributed by atoms with Gasteiger partial charge in [-0.2, -0.15) is 8.78 Å². The molecule has 1 aromatic carbocycles. The van der Waals surface area contributed by atoms with Crippen LogP contribution in [0.15, 0.2) is 24.3 Å². The van der Waals surface area contributed by atoms with Gasteiger partial charge in [0.1, 0.15) is 5.75 Å². The summed E-state index contributed by atoms with van der Waals surface area (Å²) in [6.45, 7) is 1.55. The van der Waals surface area contributed by atoms with Crippen molar-refractivity contribution in [3.63, 3.8) is 0 Å². The molecule has 0 aliphatic rings. The molecular weight excluding hydrogens is 240 g/mol. The van der Waals surface area contributed by atoms with Crippen molar-refractivity contribution in [2.75, 3.05) is 6.61 Å². The lowest BCUT2D eigenvalue weighted by Crippen LogP contribution is -2.33. The van der Waals surface area contributed by atoms with E-state index in [0.717, 1.165) is 0 Å². The summed E-state index contributed by atoms with van der Waals surface area (Å²) in [6, 6.07) is 6.77. The predicted molar refractivity (Wildman–Crippen MR) is 65.6 cm³/mol. The number of hydrogen-bond donors (Lipinski definition) is 2. The van der Waals surface area contributed by atoms with Crippen molar-refractivity contribution >= 4 is 0 Å². The van der Waals surface area contributed by atoms with Gasteiger partial charge >= 0.3 is 6.61 Å². The van der Waals surface area contributed by atoms with Crippen molar-refractivity contribution < 1.29 is 18.6 Å². The third kappa shape index (κ3) is 4.58. The van der Waals surface area contributed by atoms with Crippen LogP contribution in [-0.2, 0) is 6.54 Å². The Morgan fingerprint density at radius 3 is 2.56 bits per heavy atom. The molecule has 2 N–H and O–H groups in total. The fraction of sp³-hybridized carbons (Fsp3) is 0.538. The second kappa shape index (κ2) is 7.28. The van der Waals surface area contributed by atoms with Crippen LogP contribution in [-0.4, -0.2) is 24.4 Å². The SMILES string of the molecule is CC(CO)C(C)NCc1ccccc1OC(F)F. The Morgan fingerprint density at radius 2 is 1.94 bits per heavy atom. The summed E-state index contributed by atoms with van der Waals surface area (Å²) in [5.41, 5.74) is 0.676. The maximum atomic E-state index is 12.2. The zero-order chi connectivity index (χ0) is 13.5. The highest BCUT2D eigenvalue weighted by molar-refractivity contribution is 5.33. The summed E-state index contributed by atoms with van der Waals surface area (Å²) in [4.78, 5) is 0. The Bertz CT molecular complexity index is 361. The molecule has 1 rings (SSSR count). The van der Waals surface area contributed by atoms with Crippen molar-refractivity contribution in [3.8, 4) is 5.75 Å². The van der Waals surface area contributed by atoms with Crippen molar-refractivity contribution in [1.82, 2.24) is 5.32 Å². The normalized spacial score (nSPS) is 14.6. The maximum absolute atomic E-state index is 12.2. The number of para-hydroxylation sites is 1. The second-order valence-corrected chi connectivity index (χ2v) is 4.32. The standard InChI is InChI=1S/C13H19F2NO2/c1-9(8-17)10(2)16-7-11-5-3-4-6-12(11)18-13(14)15/h3-6,9-10,13,16-17H,7-8H2,1-2H3. The number of benzene rings is 1. The summed E-state index contributed by atoms with van der Waals surface area (Å²) in [6.07, 6.45) is 0. The van der Waals surface area contributed by atoms with Crippen LogP contribution in [0.25, 0.3) is 0 Å². The molecule has 102 valence electrons. The number of halogens is 2. The van der Waals surface area contributed by atoms with Gasteiger partial charge in [-0.25, -0.2) is 0 Å². The number of hydrogen-bond acceptors (Lipinski definition) is 3. The van der Waals surface area contributed by atoms with E-state index in [9.17, 15) is 8.78 Å². The van der Waals surface area contributed by atoms with Gasteiger partial charge in [0, 0.05) is 24.8 Å². The molecule has 0 heterocycles. The van der Waals surface area contributed by atoms with E-state index in [1.807, 2.05) is 13.8 Å². The van der Waals surface area contributed by atoms with Gasteiger partial charge in [0.05, 0.1) is 0 Å². The fourth-order valence-corrected chi connectivity index (χ4v) is 1.49. The summed E-state index contributed by atoms with van der Waals surface area (Å²) >= 11 is 0. The molecule has 0 amide bonds. The molecule has 2 atom stereocenters. The van der Waals surface area contributed by atoms with Crippen molar-refractivity contribution in [2.24, 2.45) is 5.92 Å². The number of ether oxygens (including phenoxy) is 1. The molecule has 0 radical (unpaired) electrons. The number of aliphatic hydroxyl groups is 1. The first-order valence-corrected chi connectivity index (χ1v) is 5.91. The van der Waals surface area contributed by atoms with Gasteiger partial charge in [0.25, 0.3) is 0 Å². The summed E-state index contributed by atoms with van der Waals surface area (Å²) in [5.74, 6) is 0.289. The average Bonchev–Trinajstić information content (AvgIpc) is 2.35. The van der Waals surface area contributed by atoms with Gasteiger partial charge in [-0.15, -0.1) is 0 Å². The van der Waals surface area contributed by atoms with E-state index in [1.54, 1.807) is 18.2 Å². The van der Waals surface area contributed by atoms with Gasteiger partial charge in [-0.1, -0.05) is 25.1 Å². The smallest absolute Gasteiger partial charge is 0.387 e. The molecule has 0 aliphatic carbocycles. The van der Waals surface area contributed by atoms with Crippen LogP contribution in [0.1, 0.15) is 19.4 Å². The van der Waals surface area contributed by atoms with Gasteiger partial charge in [-0.05, 0) is 18.9 Å². The Labute approximate surface area is 106 Å². The van der Waals surface area contributed by atoms with Crippen LogP contribution in [0.2, 0.25) is 0 Å². The second-order valence-electron chi connectivity index (χ2n) is 4.32. The predicted octanol–water partition coefficient (Wildman–Crippen LogP) is 2.39. The van der Waals surface area contributed by atoms with Crippen molar-refractivity contribution in [1.29, 1.82) is 0 Å². The van der Waals surface area contributed by atoms with Gasteiger partial charge in [0.2, 0.25) is 0 Å². The molecule has 1 aromatic rings. The third-order valence-corrected chi connectivity index (χ3v) is 2.94. The molecule has 0 aliphatic heterocycles. The lowest BCUT2D eigenvalue weighted by atomic mass is 10.0. The van der Waals surface area contributed by atoms with Crippen molar-refractivity contribution in [3.05, 3.63) is 29.8 Å². The number of alkyl halides is 2. The van der Waals surface area contributed by atoms with E-state index in [4.69, 9.17) is 5.11 Å². The highest BCUT2D eigenvalue weighted by Crippen LogP contribution is 2.20. The molecule has 2 unspecified atom stereocenters. The quantitative estimate of drug-likeness (QED) is 0.790. The monoisotopic (exact) mass is 259 g/mol. The molecule has 18 heavy (non-hydrogen) atoms. The van der Waals surface area contributed by atoms with Crippen molar-refractivity contribution in [2.45, 2.75) is 33.0 Å². The third-order valence-electron chi connectivity index (χ3n) is 2.94. The van der Waals surface area contributed by atoms with E-state index in [2.05, 4.69) is 10.1 Å². The molecule has 0 saturated carbocycles. The highest BCUT2D eigenvalue weighted by Gasteiger charge is 2.13. The molecular formula is C13H19F2NO2.